The van der Waals surface area contributed by atoms with Gasteiger partial charge < -0.3 is 9.88 Å². The van der Waals surface area contributed by atoms with Crippen LogP contribution in [0.2, 0.25) is 0 Å². The van der Waals surface area contributed by atoms with Crippen molar-refractivity contribution in [1.29, 1.82) is 0 Å². The average molecular weight is 345 g/mol. The molecule has 0 aliphatic carbocycles. The average Bonchev–Trinajstić information content (AvgIpc) is 2.97. The van der Waals surface area contributed by atoms with Crippen molar-refractivity contribution < 1.29 is 9.59 Å². The third-order valence-corrected chi connectivity index (χ3v) is 3.97. The Morgan fingerprint density at radius 3 is 2.65 bits per heavy atom. The number of amides is 1. The minimum atomic E-state index is -0.234. The minimum Gasteiger partial charge on any atom is -0.324 e. The van der Waals surface area contributed by atoms with Gasteiger partial charge in [-0.1, -0.05) is 36.9 Å². The van der Waals surface area contributed by atoms with Crippen LogP contribution in [0, 0.1) is 0 Å². The molecular formula is C21H19N3O2. The quantitative estimate of drug-likeness (QED) is 0.562. The molecule has 0 saturated carbocycles. The van der Waals surface area contributed by atoms with E-state index in [-0.39, 0.29) is 11.7 Å². The number of aryl methyl sites for hydroxylation is 1. The van der Waals surface area contributed by atoms with Gasteiger partial charge in [0.2, 0.25) is 5.78 Å². The van der Waals surface area contributed by atoms with Gasteiger partial charge in [-0.05, 0) is 42.8 Å². The molecule has 3 aromatic rings. The second-order valence-corrected chi connectivity index (χ2v) is 6.04. The molecule has 0 radical (unpaired) electrons. The number of nitrogens with zero attached hydrogens (tertiary/aromatic N) is 2. The monoisotopic (exact) mass is 345 g/mol. The van der Waals surface area contributed by atoms with Crippen molar-refractivity contribution in [2.45, 2.75) is 6.92 Å². The van der Waals surface area contributed by atoms with Gasteiger partial charge in [0.1, 0.15) is 0 Å². The van der Waals surface area contributed by atoms with E-state index >= 15 is 0 Å². The number of rotatable bonds is 5. The number of hydrogen-bond acceptors (Lipinski definition) is 3. The lowest BCUT2D eigenvalue weighted by atomic mass is 10.1. The number of carbonyl (C=O) groups is 2. The van der Waals surface area contributed by atoms with Crippen molar-refractivity contribution >= 4 is 34.5 Å². The normalized spacial score (nSPS) is 11.0. The van der Waals surface area contributed by atoms with E-state index in [0.29, 0.717) is 17.1 Å². The van der Waals surface area contributed by atoms with Gasteiger partial charge >= 0.3 is 0 Å². The molecule has 0 atom stereocenters. The van der Waals surface area contributed by atoms with Gasteiger partial charge in [-0.3, -0.25) is 9.59 Å². The Balaban J connectivity index is 1.80. The number of hydrogen-bond donors (Lipinski definition) is 1. The highest BCUT2D eigenvalue weighted by Crippen LogP contribution is 2.16. The molecule has 1 N–H and O–H groups in total. The Labute approximate surface area is 151 Å². The topological polar surface area (TPSA) is 64.0 Å². The summed E-state index contributed by atoms with van der Waals surface area (Å²) in [6.07, 6.45) is 3.19. The molecule has 26 heavy (non-hydrogen) atoms. The van der Waals surface area contributed by atoms with E-state index in [9.17, 15) is 9.59 Å². The van der Waals surface area contributed by atoms with Gasteiger partial charge in [-0.15, -0.1) is 0 Å². The van der Waals surface area contributed by atoms with Crippen LogP contribution in [0.3, 0.4) is 0 Å². The lowest BCUT2D eigenvalue weighted by molar-refractivity contribution is -0.112. The largest absolute Gasteiger partial charge is 0.324 e. The number of para-hydroxylation sites is 2. The molecule has 5 nitrogen and oxygen atoms in total. The molecule has 1 amide bonds. The summed E-state index contributed by atoms with van der Waals surface area (Å²) < 4.78 is 1.78. The smallest absolute Gasteiger partial charge is 0.250 e. The number of nitrogens with one attached hydrogen (secondary N) is 1. The predicted molar refractivity (Wildman–Crippen MR) is 104 cm³/mol. The Bertz CT molecular complexity index is 1040. The molecule has 1 aromatic heterocycles. The molecule has 0 fully saturated rings. The molecule has 0 unspecified atom stereocenters. The molecule has 1 heterocycles. The molecule has 2 aromatic carbocycles. The van der Waals surface area contributed by atoms with E-state index in [4.69, 9.17) is 0 Å². The Hall–Kier alpha value is -3.47. The summed E-state index contributed by atoms with van der Waals surface area (Å²) in [5, 5.41) is 2.75. The minimum absolute atomic E-state index is 0.180. The van der Waals surface area contributed by atoms with Gasteiger partial charge in [0.25, 0.3) is 5.91 Å². The first-order valence-electron chi connectivity index (χ1n) is 8.16. The summed E-state index contributed by atoms with van der Waals surface area (Å²) in [4.78, 5) is 28.6. The molecule has 5 heteroatoms. The fourth-order valence-corrected chi connectivity index (χ4v) is 2.57. The van der Waals surface area contributed by atoms with Crippen LogP contribution in [0.15, 0.2) is 66.8 Å². The van der Waals surface area contributed by atoms with Crippen LogP contribution in [0.25, 0.3) is 17.1 Å². The number of imidazole rings is 1. The number of fused-ring (bicyclic) bond motifs is 1. The molecule has 130 valence electrons. The summed E-state index contributed by atoms with van der Waals surface area (Å²) in [5.41, 5.74) is 3.58. The second kappa shape index (κ2) is 7.19. The first-order valence-corrected chi connectivity index (χ1v) is 8.16. The van der Waals surface area contributed by atoms with Crippen molar-refractivity contribution in [1.82, 2.24) is 9.55 Å². The van der Waals surface area contributed by atoms with Crippen LogP contribution in [0.4, 0.5) is 5.69 Å². The number of ketones is 1. The number of anilines is 1. The van der Waals surface area contributed by atoms with E-state index in [2.05, 4.69) is 16.9 Å². The molecule has 0 bridgehead atoms. The van der Waals surface area contributed by atoms with Gasteiger partial charge in [0.05, 0.1) is 11.0 Å². The van der Waals surface area contributed by atoms with Crippen LogP contribution >= 0.6 is 0 Å². The van der Waals surface area contributed by atoms with Gasteiger partial charge in [-0.2, -0.15) is 0 Å². The number of aromatic nitrogens is 2. The Kier molecular flexibility index (Phi) is 4.80. The Morgan fingerprint density at radius 2 is 1.92 bits per heavy atom. The van der Waals surface area contributed by atoms with Crippen LogP contribution in [-0.2, 0) is 11.8 Å². The summed E-state index contributed by atoms with van der Waals surface area (Å²) in [5.74, 6) is -0.0313. The SMILES string of the molecule is C=C(C)C(=O)Nc1cccc(/C=C/C(=O)c2nc3ccccc3n2C)c1. The van der Waals surface area contributed by atoms with Crippen LogP contribution in [-0.4, -0.2) is 21.2 Å². The maximum absolute atomic E-state index is 12.5. The zero-order valence-corrected chi connectivity index (χ0v) is 14.7. The first kappa shape index (κ1) is 17.4. The molecule has 0 aliphatic heterocycles. The maximum Gasteiger partial charge on any atom is 0.250 e. The molecular weight excluding hydrogens is 326 g/mol. The van der Waals surface area contributed by atoms with Crippen molar-refractivity contribution in [3.8, 4) is 0 Å². The fraction of sp³-hybridized carbons (Fsp3) is 0.0952. The van der Waals surface area contributed by atoms with Gasteiger partial charge in [-0.25, -0.2) is 4.98 Å². The lowest BCUT2D eigenvalue weighted by Crippen LogP contribution is -2.11. The van der Waals surface area contributed by atoms with E-state index in [1.807, 2.05) is 43.4 Å². The summed E-state index contributed by atoms with van der Waals surface area (Å²) >= 11 is 0. The highest BCUT2D eigenvalue weighted by atomic mass is 16.1. The third kappa shape index (κ3) is 3.62. The number of allylic oxidation sites excluding steroid dienone is 1. The highest BCUT2D eigenvalue weighted by molar-refractivity contribution is 6.06. The molecule has 0 spiro atoms. The molecule has 3 rings (SSSR count). The third-order valence-electron chi connectivity index (χ3n) is 3.97. The van der Waals surface area contributed by atoms with E-state index in [1.165, 1.54) is 6.08 Å². The highest BCUT2D eigenvalue weighted by Gasteiger charge is 2.12. The van der Waals surface area contributed by atoms with Gasteiger partial charge in [0, 0.05) is 18.3 Å². The number of carbonyl (C=O) groups excluding carboxylic acids is 2. The standard InChI is InChI=1S/C21H19N3O2/c1-14(2)21(26)22-16-8-6-7-15(13-16)11-12-19(25)20-23-17-9-4-5-10-18(17)24(20)3/h4-13H,1H2,2-3H3,(H,22,26)/b12-11+. The molecule has 0 aliphatic rings. The molecule has 0 saturated heterocycles. The van der Waals surface area contributed by atoms with Gasteiger partial charge in [0.15, 0.2) is 5.82 Å². The first-order chi connectivity index (χ1) is 12.5. The maximum atomic E-state index is 12.5. The fourth-order valence-electron chi connectivity index (χ4n) is 2.57. The van der Waals surface area contributed by atoms with Crippen LogP contribution in [0.1, 0.15) is 23.1 Å². The number of benzene rings is 2. The lowest BCUT2D eigenvalue weighted by Gasteiger charge is -2.05. The predicted octanol–water partition coefficient (Wildman–Crippen LogP) is 3.98. The van der Waals surface area contributed by atoms with E-state index in [0.717, 1.165) is 16.6 Å². The van der Waals surface area contributed by atoms with Crippen molar-refractivity contribution in [3.05, 3.63) is 78.1 Å². The zero-order valence-electron chi connectivity index (χ0n) is 14.7. The Morgan fingerprint density at radius 1 is 1.15 bits per heavy atom. The van der Waals surface area contributed by atoms with Crippen LogP contribution < -0.4 is 5.32 Å². The summed E-state index contributed by atoms with van der Waals surface area (Å²) in [6, 6.07) is 14.9. The van der Waals surface area contributed by atoms with Crippen molar-refractivity contribution in [2.24, 2.45) is 7.05 Å². The summed E-state index contributed by atoms with van der Waals surface area (Å²) in [6.45, 7) is 5.26. The van der Waals surface area contributed by atoms with Crippen molar-refractivity contribution in [3.63, 3.8) is 0 Å². The summed E-state index contributed by atoms with van der Waals surface area (Å²) in [7, 11) is 1.82. The zero-order chi connectivity index (χ0) is 18.7. The van der Waals surface area contributed by atoms with E-state index < -0.39 is 0 Å². The van der Waals surface area contributed by atoms with E-state index in [1.54, 1.807) is 29.7 Å². The van der Waals surface area contributed by atoms with Crippen molar-refractivity contribution in [2.75, 3.05) is 5.32 Å². The second-order valence-electron chi connectivity index (χ2n) is 6.04. The van der Waals surface area contributed by atoms with Crippen LogP contribution in [0.5, 0.6) is 0 Å².